The molecule has 1 N–H and O–H groups in total. The maximum atomic E-state index is 5.56. The molecule has 28 heavy (non-hydrogen) atoms. The van der Waals surface area contributed by atoms with Crippen LogP contribution in [0.5, 0.6) is 0 Å². The highest BCUT2D eigenvalue weighted by Crippen LogP contribution is 2.47. The normalized spacial score (nSPS) is 20.9. The standard InChI is InChI=1S/C24H23N3O/c1-2-8-20-18(5-1)15-19(16-26-11-13-28-14-12-26)27-22-10-4-7-17-6-3-9-21(23(17)22)25-24(20)27/h1-10,15,24-25H,11-14,16H2. The number of morpholine rings is 1. The molecule has 1 atom stereocenters. The lowest BCUT2D eigenvalue weighted by atomic mass is 9.93. The minimum absolute atomic E-state index is 0.123. The van der Waals surface area contributed by atoms with Gasteiger partial charge in [0.15, 0.2) is 0 Å². The van der Waals surface area contributed by atoms with Gasteiger partial charge in [-0.2, -0.15) is 0 Å². The molecule has 3 heterocycles. The third kappa shape index (κ3) is 2.45. The Hall–Kier alpha value is -2.82. The number of fused-ring (bicyclic) bond motifs is 4. The molecular formula is C24H23N3O. The highest BCUT2D eigenvalue weighted by molar-refractivity contribution is 6.06. The second-order valence-electron chi connectivity index (χ2n) is 7.75. The summed E-state index contributed by atoms with van der Waals surface area (Å²) in [6.45, 7) is 4.57. The number of hydrogen-bond acceptors (Lipinski definition) is 4. The van der Waals surface area contributed by atoms with Crippen molar-refractivity contribution >= 4 is 28.2 Å². The summed E-state index contributed by atoms with van der Waals surface area (Å²) in [5, 5.41) is 6.42. The molecular weight excluding hydrogens is 346 g/mol. The summed E-state index contributed by atoms with van der Waals surface area (Å²) < 4.78 is 5.56. The Bertz CT molecular complexity index is 1080. The van der Waals surface area contributed by atoms with Crippen molar-refractivity contribution in [2.45, 2.75) is 6.17 Å². The van der Waals surface area contributed by atoms with Crippen molar-refractivity contribution in [1.82, 2.24) is 4.90 Å². The van der Waals surface area contributed by atoms with Gasteiger partial charge in [-0.05, 0) is 29.2 Å². The molecule has 4 nitrogen and oxygen atoms in total. The van der Waals surface area contributed by atoms with Crippen LogP contribution in [0, 0.1) is 0 Å². The first kappa shape index (κ1) is 16.2. The van der Waals surface area contributed by atoms with E-state index in [0.29, 0.717) is 0 Å². The van der Waals surface area contributed by atoms with Gasteiger partial charge in [-0.15, -0.1) is 0 Å². The van der Waals surface area contributed by atoms with Gasteiger partial charge in [0, 0.05) is 42.0 Å². The van der Waals surface area contributed by atoms with Gasteiger partial charge in [-0.25, -0.2) is 0 Å². The fourth-order valence-corrected chi connectivity index (χ4v) is 4.78. The van der Waals surface area contributed by atoms with E-state index in [1.54, 1.807) is 0 Å². The lowest BCUT2D eigenvalue weighted by Gasteiger charge is -2.45. The number of ether oxygens (including phenoxy) is 1. The fourth-order valence-electron chi connectivity index (χ4n) is 4.78. The second kappa shape index (κ2) is 6.36. The summed E-state index contributed by atoms with van der Waals surface area (Å²) in [6.07, 6.45) is 2.49. The Balaban J connectivity index is 1.52. The minimum atomic E-state index is 0.123. The topological polar surface area (TPSA) is 27.7 Å². The van der Waals surface area contributed by atoms with Gasteiger partial charge in [0.05, 0.1) is 18.9 Å². The highest BCUT2D eigenvalue weighted by Gasteiger charge is 2.35. The van der Waals surface area contributed by atoms with Crippen LogP contribution in [0.2, 0.25) is 0 Å². The van der Waals surface area contributed by atoms with Crippen LogP contribution < -0.4 is 10.2 Å². The fraction of sp³-hybridized carbons (Fsp3) is 0.250. The van der Waals surface area contributed by atoms with Gasteiger partial charge in [0.25, 0.3) is 0 Å². The van der Waals surface area contributed by atoms with Crippen molar-refractivity contribution < 1.29 is 4.74 Å². The van der Waals surface area contributed by atoms with E-state index in [2.05, 4.69) is 81.9 Å². The Kier molecular flexibility index (Phi) is 3.67. The van der Waals surface area contributed by atoms with Crippen molar-refractivity contribution in [3.8, 4) is 0 Å². The third-order valence-electron chi connectivity index (χ3n) is 6.10. The Morgan fingerprint density at radius 1 is 0.929 bits per heavy atom. The van der Waals surface area contributed by atoms with Gasteiger partial charge < -0.3 is 15.0 Å². The average molecular weight is 369 g/mol. The average Bonchev–Trinajstić information content (AvgIpc) is 2.75. The first-order chi connectivity index (χ1) is 13.9. The molecule has 0 aromatic heterocycles. The lowest BCUT2D eigenvalue weighted by molar-refractivity contribution is 0.0420. The zero-order valence-corrected chi connectivity index (χ0v) is 15.8. The predicted molar refractivity (Wildman–Crippen MR) is 114 cm³/mol. The number of rotatable bonds is 2. The summed E-state index contributed by atoms with van der Waals surface area (Å²) in [4.78, 5) is 5.01. The Morgan fingerprint density at radius 2 is 1.75 bits per heavy atom. The molecule has 0 saturated carbocycles. The number of benzene rings is 3. The van der Waals surface area contributed by atoms with E-state index in [1.807, 2.05) is 0 Å². The van der Waals surface area contributed by atoms with E-state index in [-0.39, 0.29) is 6.17 Å². The van der Waals surface area contributed by atoms with Gasteiger partial charge in [-0.1, -0.05) is 48.5 Å². The van der Waals surface area contributed by atoms with E-state index in [1.165, 1.54) is 39.0 Å². The maximum absolute atomic E-state index is 5.56. The van der Waals surface area contributed by atoms with Crippen LogP contribution in [0.25, 0.3) is 16.8 Å². The SMILES string of the molecule is C1=C(CN2CCOCC2)N2c3cccc4cccc(c34)NC2c2ccccc21. The van der Waals surface area contributed by atoms with E-state index in [4.69, 9.17) is 4.74 Å². The van der Waals surface area contributed by atoms with Crippen LogP contribution in [-0.4, -0.2) is 37.7 Å². The van der Waals surface area contributed by atoms with Crippen LogP contribution in [0.1, 0.15) is 17.3 Å². The molecule has 0 radical (unpaired) electrons. The van der Waals surface area contributed by atoms with Crippen LogP contribution in [0.15, 0.2) is 66.4 Å². The zero-order chi connectivity index (χ0) is 18.5. The van der Waals surface area contributed by atoms with Crippen molar-refractivity contribution in [2.75, 3.05) is 43.1 Å². The van der Waals surface area contributed by atoms with Gasteiger partial charge >= 0.3 is 0 Å². The summed E-state index contributed by atoms with van der Waals surface area (Å²) in [5.74, 6) is 0. The molecule has 0 spiro atoms. The van der Waals surface area contributed by atoms with Gasteiger partial charge in [-0.3, -0.25) is 4.90 Å². The summed E-state index contributed by atoms with van der Waals surface area (Å²) >= 11 is 0. The molecule has 3 aliphatic heterocycles. The number of hydrogen-bond donors (Lipinski definition) is 1. The van der Waals surface area contributed by atoms with Crippen LogP contribution in [-0.2, 0) is 4.74 Å². The minimum Gasteiger partial charge on any atom is -0.379 e. The highest BCUT2D eigenvalue weighted by atomic mass is 16.5. The van der Waals surface area contributed by atoms with Crippen molar-refractivity contribution in [3.63, 3.8) is 0 Å². The molecule has 1 fully saturated rings. The van der Waals surface area contributed by atoms with E-state index in [0.717, 1.165) is 32.8 Å². The molecule has 6 rings (SSSR count). The van der Waals surface area contributed by atoms with Gasteiger partial charge in [0.2, 0.25) is 0 Å². The molecule has 0 aliphatic carbocycles. The molecule has 1 unspecified atom stereocenters. The molecule has 3 aromatic carbocycles. The summed E-state index contributed by atoms with van der Waals surface area (Å²) in [7, 11) is 0. The third-order valence-corrected chi connectivity index (χ3v) is 6.10. The molecule has 4 heteroatoms. The molecule has 1 saturated heterocycles. The van der Waals surface area contributed by atoms with E-state index < -0.39 is 0 Å². The first-order valence-electron chi connectivity index (χ1n) is 10.1. The summed E-state index contributed by atoms with van der Waals surface area (Å²) in [6, 6.07) is 21.9. The van der Waals surface area contributed by atoms with Crippen molar-refractivity contribution in [2.24, 2.45) is 0 Å². The molecule has 0 amide bonds. The van der Waals surface area contributed by atoms with Crippen LogP contribution in [0.3, 0.4) is 0 Å². The molecule has 3 aromatic rings. The lowest BCUT2D eigenvalue weighted by Crippen LogP contribution is -2.44. The zero-order valence-electron chi connectivity index (χ0n) is 15.8. The smallest absolute Gasteiger partial charge is 0.130 e. The van der Waals surface area contributed by atoms with Crippen molar-refractivity contribution in [1.29, 1.82) is 0 Å². The van der Waals surface area contributed by atoms with Gasteiger partial charge in [0.1, 0.15) is 6.17 Å². The quantitative estimate of drug-likeness (QED) is 0.722. The Labute approximate surface area is 165 Å². The van der Waals surface area contributed by atoms with Crippen LogP contribution in [0.4, 0.5) is 11.4 Å². The van der Waals surface area contributed by atoms with E-state index in [9.17, 15) is 0 Å². The largest absolute Gasteiger partial charge is 0.379 e. The number of nitrogens with one attached hydrogen (secondary N) is 1. The molecule has 140 valence electrons. The van der Waals surface area contributed by atoms with Crippen molar-refractivity contribution in [3.05, 3.63) is 77.5 Å². The monoisotopic (exact) mass is 369 g/mol. The first-order valence-corrected chi connectivity index (χ1v) is 10.1. The van der Waals surface area contributed by atoms with E-state index >= 15 is 0 Å². The maximum Gasteiger partial charge on any atom is 0.130 e. The molecule has 0 bridgehead atoms. The number of nitrogens with zero attached hydrogens (tertiary/aromatic N) is 2. The predicted octanol–water partition coefficient (Wildman–Crippen LogP) is 4.46. The van der Waals surface area contributed by atoms with Crippen LogP contribution >= 0.6 is 0 Å². The molecule has 3 aliphatic rings. The Morgan fingerprint density at radius 3 is 2.64 bits per heavy atom. The second-order valence-corrected chi connectivity index (χ2v) is 7.75. The number of anilines is 2. The summed E-state index contributed by atoms with van der Waals surface area (Å²) in [5.41, 5.74) is 6.51.